The first-order valence-corrected chi connectivity index (χ1v) is 6.95. The first kappa shape index (κ1) is 14.9. The van der Waals surface area contributed by atoms with Gasteiger partial charge < -0.3 is 14.4 Å². The highest BCUT2D eigenvalue weighted by Gasteiger charge is 2.40. The molecule has 0 N–H and O–H groups in total. The van der Waals surface area contributed by atoms with Crippen molar-refractivity contribution in [1.82, 2.24) is 4.90 Å². The molecule has 4 heteroatoms. The van der Waals surface area contributed by atoms with Crippen molar-refractivity contribution >= 4 is 5.78 Å². The molecule has 1 fully saturated rings. The van der Waals surface area contributed by atoms with Crippen LogP contribution in [-0.2, 0) is 10.2 Å². The Morgan fingerprint density at radius 2 is 1.75 bits per heavy atom. The number of hydrogen-bond donors (Lipinski definition) is 0. The third kappa shape index (κ3) is 2.52. The molecule has 20 heavy (non-hydrogen) atoms. The summed E-state index contributed by atoms with van der Waals surface area (Å²) in [6, 6.07) is 5.83. The number of nitrogens with zero attached hydrogens (tertiary/aromatic N) is 1. The topological polar surface area (TPSA) is 38.8 Å². The minimum atomic E-state index is -0.383. The molecule has 1 aromatic carbocycles. The number of piperidine rings is 1. The first-order chi connectivity index (χ1) is 9.53. The number of rotatable bonds is 4. The summed E-state index contributed by atoms with van der Waals surface area (Å²) in [5, 5.41) is 0. The summed E-state index contributed by atoms with van der Waals surface area (Å²) in [4.78, 5) is 14.6. The Hall–Kier alpha value is -1.55. The number of Topliss-reactive ketones (excluding diaryl/α,β-unsaturated/α-hetero) is 1. The van der Waals surface area contributed by atoms with Crippen molar-refractivity contribution in [2.75, 3.05) is 34.4 Å². The zero-order valence-corrected chi connectivity index (χ0v) is 12.7. The van der Waals surface area contributed by atoms with E-state index in [-0.39, 0.29) is 11.2 Å². The van der Waals surface area contributed by atoms with E-state index in [1.165, 1.54) is 0 Å². The fourth-order valence-corrected chi connectivity index (χ4v) is 2.98. The second kappa shape index (κ2) is 5.83. The van der Waals surface area contributed by atoms with Crippen LogP contribution < -0.4 is 9.47 Å². The molecule has 0 aromatic heterocycles. The first-order valence-electron chi connectivity index (χ1n) is 6.95. The zero-order chi connectivity index (χ0) is 14.8. The van der Waals surface area contributed by atoms with Gasteiger partial charge in [-0.2, -0.15) is 0 Å². The molecule has 0 saturated carbocycles. The minimum Gasteiger partial charge on any atom is -0.493 e. The molecular formula is C16H23NO3. The van der Waals surface area contributed by atoms with Crippen LogP contribution in [0.15, 0.2) is 18.2 Å². The van der Waals surface area contributed by atoms with Gasteiger partial charge in [0.25, 0.3) is 0 Å². The standard InChI is InChI=1S/C16H23NO3/c1-12(18)16(7-9-17(2)10-8-16)13-5-6-14(19-3)15(11-13)20-4/h5-6,11H,7-10H2,1-4H3. The van der Waals surface area contributed by atoms with E-state index in [1.807, 2.05) is 18.2 Å². The van der Waals surface area contributed by atoms with E-state index in [2.05, 4.69) is 11.9 Å². The van der Waals surface area contributed by atoms with Gasteiger partial charge in [0, 0.05) is 0 Å². The highest BCUT2D eigenvalue weighted by molar-refractivity contribution is 5.88. The maximum Gasteiger partial charge on any atom is 0.161 e. The number of carbonyl (C=O) groups excluding carboxylic acids is 1. The van der Waals surface area contributed by atoms with Crippen LogP contribution in [0, 0.1) is 0 Å². The SMILES string of the molecule is COc1ccc(C2(C(C)=O)CCN(C)CC2)cc1OC. The van der Waals surface area contributed by atoms with Crippen molar-refractivity contribution in [3.8, 4) is 11.5 Å². The van der Waals surface area contributed by atoms with Gasteiger partial charge in [-0.05, 0) is 57.6 Å². The fourth-order valence-electron chi connectivity index (χ4n) is 2.98. The van der Waals surface area contributed by atoms with Gasteiger partial charge in [0.2, 0.25) is 0 Å². The van der Waals surface area contributed by atoms with Crippen LogP contribution in [0.5, 0.6) is 11.5 Å². The summed E-state index contributed by atoms with van der Waals surface area (Å²) in [6.07, 6.45) is 1.71. The number of ketones is 1. The van der Waals surface area contributed by atoms with E-state index in [0.29, 0.717) is 11.5 Å². The molecule has 1 aromatic rings. The summed E-state index contributed by atoms with van der Waals surface area (Å²) in [5.41, 5.74) is 0.655. The number of benzene rings is 1. The molecule has 0 spiro atoms. The Balaban J connectivity index is 2.42. The van der Waals surface area contributed by atoms with Gasteiger partial charge in [-0.15, -0.1) is 0 Å². The second-order valence-corrected chi connectivity index (χ2v) is 5.51. The Kier molecular flexibility index (Phi) is 4.33. The molecule has 0 amide bonds. The Morgan fingerprint density at radius 3 is 2.25 bits per heavy atom. The van der Waals surface area contributed by atoms with Gasteiger partial charge in [-0.3, -0.25) is 4.79 Å². The zero-order valence-electron chi connectivity index (χ0n) is 12.7. The molecule has 1 aliphatic rings. The molecular weight excluding hydrogens is 254 g/mol. The monoisotopic (exact) mass is 277 g/mol. The van der Waals surface area contributed by atoms with Crippen LogP contribution in [0.3, 0.4) is 0 Å². The van der Waals surface area contributed by atoms with Crippen LogP contribution >= 0.6 is 0 Å². The normalized spacial score (nSPS) is 18.6. The lowest BCUT2D eigenvalue weighted by atomic mass is 9.70. The third-order valence-electron chi connectivity index (χ3n) is 4.45. The van der Waals surface area contributed by atoms with Crippen molar-refractivity contribution in [2.24, 2.45) is 0 Å². The minimum absolute atomic E-state index is 0.234. The van der Waals surface area contributed by atoms with Crippen molar-refractivity contribution < 1.29 is 14.3 Å². The molecule has 4 nitrogen and oxygen atoms in total. The molecule has 0 aliphatic carbocycles. The third-order valence-corrected chi connectivity index (χ3v) is 4.45. The summed E-state index contributed by atoms with van der Waals surface area (Å²) < 4.78 is 10.6. The molecule has 1 saturated heterocycles. The smallest absolute Gasteiger partial charge is 0.161 e. The lowest BCUT2D eigenvalue weighted by Gasteiger charge is -2.39. The molecule has 0 bridgehead atoms. The van der Waals surface area contributed by atoms with Crippen LogP contribution in [0.1, 0.15) is 25.3 Å². The van der Waals surface area contributed by atoms with Gasteiger partial charge in [0.15, 0.2) is 11.5 Å². The Labute approximate surface area is 120 Å². The lowest BCUT2D eigenvalue weighted by molar-refractivity contribution is -0.124. The number of methoxy groups -OCH3 is 2. The summed E-state index contributed by atoms with van der Waals surface area (Å²) in [5.74, 6) is 1.62. The van der Waals surface area contributed by atoms with Crippen LogP contribution in [0.2, 0.25) is 0 Å². The summed E-state index contributed by atoms with van der Waals surface area (Å²) in [6.45, 7) is 3.57. The number of likely N-dealkylation sites (tertiary alicyclic amines) is 1. The van der Waals surface area contributed by atoms with Gasteiger partial charge in [-0.25, -0.2) is 0 Å². The fraction of sp³-hybridized carbons (Fsp3) is 0.562. The van der Waals surface area contributed by atoms with Crippen molar-refractivity contribution in [3.63, 3.8) is 0 Å². The number of hydrogen-bond acceptors (Lipinski definition) is 4. The lowest BCUT2D eigenvalue weighted by Crippen LogP contribution is -2.45. The average molecular weight is 277 g/mol. The van der Waals surface area contributed by atoms with Crippen molar-refractivity contribution in [2.45, 2.75) is 25.2 Å². The predicted octanol–water partition coefficient (Wildman–Crippen LogP) is 2.26. The molecule has 110 valence electrons. The maximum absolute atomic E-state index is 12.3. The van der Waals surface area contributed by atoms with Gasteiger partial charge in [0.05, 0.1) is 19.6 Å². The Bertz CT molecular complexity index is 490. The van der Waals surface area contributed by atoms with Gasteiger partial charge in [0.1, 0.15) is 5.78 Å². The average Bonchev–Trinajstić information content (AvgIpc) is 2.47. The largest absolute Gasteiger partial charge is 0.493 e. The maximum atomic E-state index is 12.3. The van der Waals surface area contributed by atoms with Gasteiger partial charge in [-0.1, -0.05) is 6.07 Å². The molecule has 0 atom stereocenters. The quantitative estimate of drug-likeness (QED) is 0.846. The second-order valence-electron chi connectivity index (χ2n) is 5.51. The van der Waals surface area contributed by atoms with Crippen molar-refractivity contribution in [1.29, 1.82) is 0 Å². The molecule has 1 aliphatic heterocycles. The predicted molar refractivity (Wildman–Crippen MR) is 78.6 cm³/mol. The summed E-state index contributed by atoms with van der Waals surface area (Å²) >= 11 is 0. The van der Waals surface area contributed by atoms with Crippen LogP contribution in [0.4, 0.5) is 0 Å². The number of carbonyl (C=O) groups is 1. The molecule has 0 radical (unpaired) electrons. The number of ether oxygens (including phenoxy) is 2. The van der Waals surface area contributed by atoms with E-state index in [4.69, 9.17) is 9.47 Å². The van der Waals surface area contributed by atoms with Crippen LogP contribution in [0.25, 0.3) is 0 Å². The highest BCUT2D eigenvalue weighted by atomic mass is 16.5. The van der Waals surface area contributed by atoms with E-state index >= 15 is 0 Å². The molecule has 1 heterocycles. The van der Waals surface area contributed by atoms with Crippen molar-refractivity contribution in [3.05, 3.63) is 23.8 Å². The molecule has 2 rings (SSSR count). The Morgan fingerprint density at radius 1 is 1.15 bits per heavy atom. The van der Waals surface area contributed by atoms with Crippen LogP contribution in [-0.4, -0.2) is 45.0 Å². The van der Waals surface area contributed by atoms with E-state index < -0.39 is 0 Å². The highest BCUT2D eigenvalue weighted by Crippen LogP contribution is 2.40. The van der Waals surface area contributed by atoms with E-state index in [0.717, 1.165) is 31.5 Å². The van der Waals surface area contributed by atoms with E-state index in [1.54, 1.807) is 21.1 Å². The molecule has 0 unspecified atom stereocenters. The van der Waals surface area contributed by atoms with Gasteiger partial charge >= 0.3 is 0 Å². The summed E-state index contributed by atoms with van der Waals surface area (Å²) in [7, 11) is 5.34. The van der Waals surface area contributed by atoms with E-state index in [9.17, 15) is 4.79 Å².